The van der Waals surface area contributed by atoms with Crippen LogP contribution in [0.15, 0.2) is 53.6 Å². The van der Waals surface area contributed by atoms with Gasteiger partial charge in [-0.25, -0.2) is 19.5 Å². The van der Waals surface area contributed by atoms with Crippen molar-refractivity contribution in [2.45, 2.75) is 0 Å². The quantitative estimate of drug-likeness (QED) is 0.463. The highest BCUT2D eigenvalue weighted by atomic mass is 35.5. The number of hydrogen-bond donors (Lipinski definition) is 2. The van der Waals surface area contributed by atoms with Gasteiger partial charge in [0.25, 0.3) is 11.8 Å². The lowest BCUT2D eigenvalue weighted by Crippen LogP contribution is -2.59. The van der Waals surface area contributed by atoms with Gasteiger partial charge in [0.05, 0.1) is 5.69 Å². The number of amides is 5. The Morgan fingerprint density at radius 2 is 1.82 bits per heavy atom. The summed E-state index contributed by atoms with van der Waals surface area (Å²) in [6, 6.07) is 9.99. The summed E-state index contributed by atoms with van der Waals surface area (Å²) in [6.45, 7) is 0. The number of carbonyl (C=O) groups excluding carboxylic acids is 4. The van der Waals surface area contributed by atoms with Crippen LogP contribution in [0, 0.1) is 11.7 Å². The molecule has 2 aromatic carbocycles. The zero-order valence-corrected chi connectivity index (χ0v) is 14.8. The zero-order chi connectivity index (χ0) is 20.3. The summed E-state index contributed by atoms with van der Waals surface area (Å²) >= 11 is 5.74. The molecular formula is C18H12ClFN4O4. The van der Waals surface area contributed by atoms with E-state index < -0.39 is 35.5 Å². The molecule has 2 aromatic rings. The third-order valence-corrected chi connectivity index (χ3v) is 4.04. The molecule has 3 rings (SSSR count). The number of nitrogens with zero attached hydrogens (tertiary/aromatic N) is 2. The molecule has 8 nitrogen and oxygen atoms in total. The molecule has 2 N–H and O–H groups in total. The van der Waals surface area contributed by atoms with E-state index in [0.29, 0.717) is 9.92 Å². The van der Waals surface area contributed by atoms with Gasteiger partial charge in [-0.15, -0.1) is 0 Å². The van der Waals surface area contributed by atoms with Crippen LogP contribution in [0.5, 0.6) is 0 Å². The van der Waals surface area contributed by atoms with Gasteiger partial charge in [-0.3, -0.25) is 19.7 Å². The van der Waals surface area contributed by atoms with Crippen LogP contribution >= 0.6 is 11.6 Å². The van der Waals surface area contributed by atoms with Crippen LogP contribution < -0.4 is 15.6 Å². The predicted molar refractivity (Wildman–Crippen MR) is 98.3 cm³/mol. The Balaban J connectivity index is 1.76. The molecule has 5 amide bonds. The van der Waals surface area contributed by atoms with Crippen molar-refractivity contribution in [3.05, 3.63) is 64.9 Å². The number of imide groups is 2. The third-order valence-electron chi connectivity index (χ3n) is 3.79. The standard InChI is InChI=1S/C18H12ClFN4O4/c19-11-7-5-10(6-8-11)15(25)23-21-9-12-16(26)22-18(28)24(17(12)27)14-4-2-1-3-13(14)20/h1-9,12H,(H,23,25)(H,22,26,28)/b21-9-/t12-/m1/s1. The number of nitrogens with one attached hydrogen (secondary N) is 2. The van der Waals surface area contributed by atoms with Crippen LogP contribution in [0.3, 0.4) is 0 Å². The number of carbonyl (C=O) groups is 4. The summed E-state index contributed by atoms with van der Waals surface area (Å²) < 4.78 is 14.0. The summed E-state index contributed by atoms with van der Waals surface area (Å²) in [5, 5.41) is 6.00. The number of para-hydroxylation sites is 1. The highest BCUT2D eigenvalue weighted by Crippen LogP contribution is 2.23. The third kappa shape index (κ3) is 3.89. The summed E-state index contributed by atoms with van der Waals surface area (Å²) in [6.07, 6.45) is 0.867. The Morgan fingerprint density at radius 1 is 1.14 bits per heavy atom. The van der Waals surface area contributed by atoms with Crippen molar-refractivity contribution in [2.75, 3.05) is 4.90 Å². The highest BCUT2D eigenvalue weighted by Gasteiger charge is 2.41. The molecule has 0 spiro atoms. The minimum absolute atomic E-state index is 0.254. The van der Waals surface area contributed by atoms with Gasteiger partial charge in [-0.2, -0.15) is 5.10 Å². The van der Waals surface area contributed by atoms with E-state index in [2.05, 4.69) is 10.5 Å². The number of urea groups is 1. The minimum Gasteiger partial charge on any atom is -0.276 e. The number of halogens is 2. The first-order valence-corrected chi connectivity index (χ1v) is 8.28. The van der Waals surface area contributed by atoms with Crippen LogP contribution in [0.25, 0.3) is 0 Å². The second kappa shape index (κ2) is 7.97. The van der Waals surface area contributed by atoms with E-state index >= 15 is 0 Å². The number of benzene rings is 2. The number of barbiturate groups is 1. The molecule has 0 aromatic heterocycles. The summed E-state index contributed by atoms with van der Waals surface area (Å²) in [5.41, 5.74) is 2.11. The van der Waals surface area contributed by atoms with Gasteiger partial charge >= 0.3 is 6.03 Å². The van der Waals surface area contributed by atoms with Crippen molar-refractivity contribution >= 4 is 47.3 Å². The Kier molecular flexibility index (Phi) is 5.46. The second-order valence-corrected chi connectivity index (χ2v) is 6.06. The molecule has 1 aliphatic heterocycles. The van der Waals surface area contributed by atoms with E-state index in [0.717, 1.165) is 12.3 Å². The predicted octanol–water partition coefficient (Wildman–Crippen LogP) is 2.09. The van der Waals surface area contributed by atoms with E-state index in [1.807, 2.05) is 5.32 Å². The first-order valence-electron chi connectivity index (χ1n) is 7.91. The monoisotopic (exact) mass is 402 g/mol. The Labute approximate surface area is 163 Å². The highest BCUT2D eigenvalue weighted by molar-refractivity contribution is 6.32. The molecule has 28 heavy (non-hydrogen) atoms. The van der Waals surface area contributed by atoms with Crippen LogP contribution in [0.2, 0.25) is 5.02 Å². The topological polar surface area (TPSA) is 108 Å². The normalized spacial score (nSPS) is 17.0. The first-order chi connectivity index (χ1) is 13.4. The van der Waals surface area contributed by atoms with Gasteiger partial charge in [-0.1, -0.05) is 23.7 Å². The molecule has 1 heterocycles. The summed E-state index contributed by atoms with van der Waals surface area (Å²) in [5.74, 6) is -4.87. The molecule has 0 radical (unpaired) electrons. The maximum atomic E-state index is 14.0. The summed E-state index contributed by atoms with van der Waals surface area (Å²) in [7, 11) is 0. The lowest BCUT2D eigenvalue weighted by atomic mass is 10.1. The molecule has 0 aliphatic carbocycles. The van der Waals surface area contributed by atoms with Crippen molar-refractivity contribution in [3.8, 4) is 0 Å². The van der Waals surface area contributed by atoms with Gasteiger partial charge in [0.15, 0.2) is 5.92 Å². The number of anilines is 1. The number of rotatable bonds is 4. The molecule has 142 valence electrons. The summed E-state index contributed by atoms with van der Waals surface area (Å²) in [4.78, 5) is 49.0. The van der Waals surface area contributed by atoms with E-state index in [1.165, 1.54) is 42.5 Å². The van der Waals surface area contributed by atoms with Gasteiger partial charge in [0.1, 0.15) is 5.82 Å². The van der Waals surface area contributed by atoms with Crippen LogP contribution in [0.4, 0.5) is 14.9 Å². The smallest absolute Gasteiger partial charge is 0.276 e. The Bertz CT molecular complexity index is 993. The van der Waals surface area contributed by atoms with Crippen molar-refractivity contribution < 1.29 is 23.6 Å². The fourth-order valence-electron chi connectivity index (χ4n) is 2.42. The van der Waals surface area contributed by atoms with Crippen LogP contribution in [-0.2, 0) is 9.59 Å². The first kappa shape index (κ1) is 19.2. The van der Waals surface area contributed by atoms with Crippen LogP contribution in [-0.4, -0.2) is 30.0 Å². The largest absolute Gasteiger partial charge is 0.335 e. The molecule has 10 heteroatoms. The fourth-order valence-corrected chi connectivity index (χ4v) is 2.55. The average molecular weight is 403 g/mol. The van der Waals surface area contributed by atoms with Crippen molar-refractivity contribution in [3.63, 3.8) is 0 Å². The maximum absolute atomic E-state index is 14.0. The average Bonchev–Trinajstić information content (AvgIpc) is 2.66. The molecule has 0 unspecified atom stereocenters. The Morgan fingerprint density at radius 3 is 2.50 bits per heavy atom. The zero-order valence-electron chi connectivity index (χ0n) is 14.1. The van der Waals surface area contributed by atoms with Crippen molar-refractivity contribution in [2.24, 2.45) is 11.0 Å². The van der Waals surface area contributed by atoms with E-state index in [-0.39, 0.29) is 11.3 Å². The van der Waals surface area contributed by atoms with E-state index in [1.54, 1.807) is 0 Å². The lowest BCUT2D eigenvalue weighted by Gasteiger charge is -2.28. The van der Waals surface area contributed by atoms with Gasteiger partial charge in [0, 0.05) is 16.8 Å². The molecule has 1 fully saturated rings. The van der Waals surface area contributed by atoms with Gasteiger partial charge in [-0.05, 0) is 36.4 Å². The van der Waals surface area contributed by atoms with Gasteiger partial charge in [0.2, 0.25) is 5.91 Å². The maximum Gasteiger partial charge on any atom is 0.335 e. The van der Waals surface area contributed by atoms with E-state index in [4.69, 9.17) is 11.6 Å². The molecule has 1 saturated heterocycles. The lowest BCUT2D eigenvalue weighted by molar-refractivity contribution is -0.131. The SMILES string of the molecule is O=C(N/N=C\[C@@H]1C(=O)NC(=O)N(c2ccccc2F)C1=O)c1ccc(Cl)cc1. The fraction of sp³-hybridized carbons (Fsp3) is 0.0556. The van der Waals surface area contributed by atoms with Crippen molar-refractivity contribution in [1.29, 1.82) is 0 Å². The molecule has 0 saturated carbocycles. The van der Waals surface area contributed by atoms with Crippen LogP contribution in [0.1, 0.15) is 10.4 Å². The minimum atomic E-state index is -1.53. The van der Waals surface area contributed by atoms with E-state index in [9.17, 15) is 23.6 Å². The molecular weight excluding hydrogens is 391 g/mol. The molecule has 1 aliphatic rings. The second-order valence-electron chi connectivity index (χ2n) is 5.62. The number of hydrazone groups is 1. The van der Waals surface area contributed by atoms with Crippen molar-refractivity contribution in [1.82, 2.24) is 10.7 Å². The Hall–Kier alpha value is -3.59. The molecule has 0 bridgehead atoms. The number of hydrogen-bond acceptors (Lipinski definition) is 5. The van der Waals surface area contributed by atoms with Gasteiger partial charge < -0.3 is 0 Å². The molecule has 1 atom stereocenters.